The molecule has 0 saturated heterocycles. The van der Waals surface area contributed by atoms with E-state index in [2.05, 4.69) is 49.9 Å². The zero-order valence-electron chi connectivity index (χ0n) is 9.75. The van der Waals surface area contributed by atoms with Gasteiger partial charge in [-0.15, -0.1) is 11.3 Å². The summed E-state index contributed by atoms with van der Waals surface area (Å²) in [7, 11) is 1.92. The molecule has 0 fully saturated rings. The van der Waals surface area contributed by atoms with Gasteiger partial charge in [-0.2, -0.15) is 0 Å². The monoisotopic (exact) mass is 311 g/mol. The standard InChI is InChI=1S/C12H14BrN3S/c1-8-5-9(3-4-11(8)13)15-12-16-10(6-14-2)7-17-12/h3-5,7,14H,6H2,1-2H3,(H,15,16). The molecule has 0 aliphatic carbocycles. The Labute approximate surface area is 113 Å². The molecule has 0 aliphatic rings. The smallest absolute Gasteiger partial charge is 0.187 e. The fourth-order valence-corrected chi connectivity index (χ4v) is 2.45. The molecule has 0 unspecified atom stereocenters. The molecule has 3 nitrogen and oxygen atoms in total. The van der Waals surface area contributed by atoms with Crippen LogP contribution in [0.2, 0.25) is 0 Å². The molecule has 0 aliphatic heterocycles. The van der Waals surface area contributed by atoms with Crippen molar-refractivity contribution in [3.8, 4) is 0 Å². The van der Waals surface area contributed by atoms with Crippen LogP contribution in [0, 0.1) is 6.92 Å². The number of aryl methyl sites for hydroxylation is 1. The van der Waals surface area contributed by atoms with Crippen LogP contribution in [-0.4, -0.2) is 12.0 Å². The highest BCUT2D eigenvalue weighted by Gasteiger charge is 2.02. The Bertz CT molecular complexity index is 510. The summed E-state index contributed by atoms with van der Waals surface area (Å²) in [6.07, 6.45) is 0. The number of benzene rings is 1. The molecule has 0 atom stereocenters. The Kier molecular flexibility index (Phi) is 4.15. The number of nitrogens with one attached hydrogen (secondary N) is 2. The van der Waals surface area contributed by atoms with Gasteiger partial charge in [0, 0.05) is 22.1 Å². The van der Waals surface area contributed by atoms with E-state index in [1.807, 2.05) is 19.2 Å². The van der Waals surface area contributed by atoms with Gasteiger partial charge in [0.25, 0.3) is 0 Å². The second kappa shape index (κ2) is 5.62. The molecule has 2 N–H and O–H groups in total. The Morgan fingerprint density at radius 3 is 2.94 bits per heavy atom. The average Bonchev–Trinajstić information content (AvgIpc) is 2.72. The molecule has 0 radical (unpaired) electrons. The van der Waals surface area contributed by atoms with E-state index in [1.54, 1.807) is 11.3 Å². The van der Waals surface area contributed by atoms with Crippen LogP contribution in [0.3, 0.4) is 0 Å². The van der Waals surface area contributed by atoms with Crippen molar-refractivity contribution >= 4 is 38.1 Å². The first-order valence-electron chi connectivity index (χ1n) is 5.31. The number of nitrogens with zero attached hydrogens (tertiary/aromatic N) is 1. The maximum Gasteiger partial charge on any atom is 0.187 e. The number of halogens is 1. The first kappa shape index (κ1) is 12.5. The van der Waals surface area contributed by atoms with Crippen molar-refractivity contribution in [1.29, 1.82) is 0 Å². The van der Waals surface area contributed by atoms with Gasteiger partial charge in [0.15, 0.2) is 5.13 Å². The lowest BCUT2D eigenvalue weighted by Gasteiger charge is -2.04. The largest absolute Gasteiger partial charge is 0.332 e. The van der Waals surface area contributed by atoms with Crippen LogP contribution >= 0.6 is 27.3 Å². The summed E-state index contributed by atoms with van der Waals surface area (Å²) in [5.41, 5.74) is 3.34. The molecule has 5 heteroatoms. The predicted octanol–water partition coefficient (Wildman–Crippen LogP) is 3.68. The molecule has 2 rings (SSSR count). The minimum atomic E-state index is 0.803. The second-order valence-corrected chi connectivity index (χ2v) is 5.48. The summed E-state index contributed by atoms with van der Waals surface area (Å²) in [6.45, 7) is 2.88. The Balaban J connectivity index is 2.11. The van der Waals surface area contributed by atoms with Gasteiger partial charge >= 0.3 is 0 Å². The highest BCUT2D eigenvalue weighted by atomic mass is 79.9. The van der Waals surface area contributed by atoms with Gasteiger partial charge < -0.3 is 10.6 Å². The minimum absolute atomic E-state index is 0.803. The first-order valence-corrected chi connectivity index (χ1v) is 6.98. The molecule has 0 amide bonds. The molecule has 1 heterocycles. The molecule has 0 saturated carbocycles. The zero-order valence-corrected chi connectivity index (χ0v) is 12.2. The predicted molar refractivity (Wildman–Crippen MR) is 77.0 cm³/mol. The van der Waals surface area contributed by atoms with Gasteiger partial charge in [-0.05, 0) is 37.7 Å². The molecule has 2 aromatic rings. The summed E-state index contributed by atoms with van der Waals surface area (Å²) in [6, 6.07) is 6.18. The third-order valence-electron chi connectivity index (χ3n) is 2.32. The van der Waals surface area contributed by atoms with Crippen molar-refractivity contribution < 1.29 is 0 Å². The lowest BCUT2D eigenvalue weighted by atomic mass is 10.2. The topological polar surface area (TPSA) is 37.0 Å². The summed E-state index contributed by atoms with van der Waals surface area (Å²) < 4.78 is 1.12. The number of hydrogen-bond donors (Lipinski definition) is 2. The van der Waals surface area contributed by atoms with Crippen molar-refractivity contribution in [3.63, 3.8) is 0 Å². The highest BCUT2D eigenvalue weighted by Crippen LogP contribution is 2.24. The third-order valence-corrected chi connectivity index (χ3v) is 4.02. The maximum atomic E-state index is 4.48. The lowest BCUT2D eigenvalue weighted by Crippen LogP contribution is -2.05. The van der Waals surface area contributed by atoms with E-state index >= 15 is 0 Å². The number of anilines is 2. The minimum Gasteiger partial charge on any atom is -0.332 e. The van der Waals surface area contributed by atoms with E-state index in [0.717, 1.165) is 27.5 Å². The van der Waals surface area contributed by atoms with Gasteiger partial charge in [0.05, 0.1) is 5.69 Å². The Hall–Kier alpha value is -0.910. The van der Waals surface area contributed by atoms with Gasteiger partial charge in [0.2, 0.25) is 0 Å². The molecule has 0 bridgehead atoms. The third kappa shape index (κ3) is 3.28. The second-order valence-electron chi connectivity index (χ2n) is 3.76. The van der Waals surface area contributed by atoms with E-state index in [1.165, 1.54) is 5.56 Å². The van der Waals surface area contributed by atoms with Crippen LogP contribution in [0.5, 0.6) is 0 Å². The van der Waals surface area contributed by atoms with Crippen molar-refractivity contribution in [3.05, 3.63) is 39.3 Å². The zero-order chi connectivity index (χ0) is 12.3. The van der Waals surface area contributed by atoms with Crippen LogP contribution in [-0.2, 0) is 6.54 Å². The van der Waals surface area contributed by atoms with Crippen molar-refractivity contribution in [2.75, 3.05) is 12.4 Å². The molecule has 1 aromatic carbocycles. The maximum absolute atomic E-state index is 4.48. The Morgan fingerprint density at radius 2 is 2.24 bits per heavy atom. The van der Waals surface area contributed by atoms with E-state index in [-0.39, 0.29) is 0 Å². The molecular weight excluding hydrogens is 298 g/mol. The van der Waals surface area contributed by atoms with Gasteiger partial charge in [-0.25, -0.2) is 4.98 Å². The molecular formula is C12H14BrN3S. The molecule has 0 spiro atoms. The van der Waals surface area contributed by atoms with Gasteiger partial charge in [0.1, 0.15) is 0 Å². The number of thiazole rings is 1. The SMILES string of the molecule is CNCc1csc(Nc2ccc(Br)c(C)c2)n1. The van der Waals surface area contributed by atoms with E-state index < -0.39 is 0 Å². The van der Waals surface area contributed by atoms with E-state index in [4.69, 9.17) is 0 Å². The van der Waals surface area contributed by atoms with Crippen LogP contribution < -0.4 is 10.6 Å². The first-order chi connectivity index (χ1) is 8.19. The van der Waals surface area contributed by atoms with Crippen molar-refractivity contribution in [2.45, 2.75) is 13.5 Å². The van der Waals surface area contributed by atoms with Crippen LogP contribution in [0.25, 0.3) is 0 Å². The normalized spacial score (nSPS) is 10.5. The fourth-order valence-electron chi connectivity index (χ4n) is 1.47. The van der Waals surface area contributed by atoms with Gasteiger partial charge in [-0.1, -0.05) is 15.9 Å². The molecule has 1 aromatic heterocycles. The molecule has 17 heavy (non-hydrogen) atoms. The fraction of sp³-hybridized carbons (Fsp3) is 0.250. The number of hydrogen-bond acceptors (Lipinski definition) is 4. The summed E-state index contributed by atoms with van der Waals surface area (Å²) in [5.74, 6) is 0. The van der Waals surface area contributed by atoms with Crippen molar-refractivity contribution in [2.24, 2.45) is 0 Å². The quantitative estimate of drug-likeness (QED) is 0.904. The lowest BCUT2D eigenvalue weighted by molar-refractivity contribution is 0.798. The highest BCUT2D eigenvalue weighted by molar-refractivity contribution is 9.10. The number of rotatable bonds is 4. The van der Waals surface area contributed by atoms with Crippen LogP contribution in [0.1, 0.15) is 11.3 Å². The van der Waals surface area contributed by atoms with E-state index in [9.17, 15) is 0 Å². The molecule has 90 valence electrons. The van der Waals surface area contributed by atoms with E-state index in [0.29, 0.717) is 0 Å². The summed E-state index contributed by atoms with van der Waals surface area (Å²) in [4.78, 5) is 4.48. The summed E-state index contributed by atoms with van der Waals surface area (Å²) >= 11 is 5.11. The number of aromatic nitrogens is 1. The van der Waals surface area contributed by atoms with Crippen molar-refractivity contribution in [1.82, 2.24) is 10.3 Å². The van der Waals surface area contributed by atoms with Gasteiger partial charge in [-0.3, -0.25) is 0 Å². The van der Waals surface area contributed by atoms with Crippen LogP contribution in [0.4, 0.5) is 10.8 Å². The average molecular weight is 312 g/mol. The Morgan fingerprint density at radius 1 is 1.41 bits per heavy atom. The van der Waals surface area contributed by atoms with Crippen LogP contribution in [0.15, 0.2) is 28.1 Å². The summed E-state index contributed by atoms with van der Waals surface area (Å²) in [5, 5.41) is 9.39.